The molecule has 5 nitrogen and oxygen atoms in total. The van der Waals surface area contributed by atoms with E-state index < -0.39 is 12.0 Å². The van der Waals surface area contributed by atoms with Gasteiger partial charge in [0.2, 0.25) is 0 Å². The summed E-state index contributed by atoms with van der Waals surface area (Å²) in [7, 11) is 0. The molecule has 2 atom stereocenters. The Morgan fingerprint density at radius 2 is 2.26 bits per heavy atom. The van der Waals surface area contributed by atoms with Gasteiger partial charge in [-0.2, -0.15) is 5.26 Å². The van der Waals surface area contributed by atoms with E-state index in [1.165, 1.54) is 0 Å². The minimum atomic E-state index is -0.836. The number of aliphatic carboxylic acids is 1. The van der Waals surface area contributed by atoms with Gasteiger partial charge in [-0.05, 0) is 5.56 Å². The fraction of sp³-hybridized carbons (Fsp3) is 0.429. The van der Waals surface area contributed by atoms with Gasteiger partial charge in [0.05, 0.1) is 12.0 Å². The Hall–Kier alpha value is -1.90. The number of hydrogen-bond donors (Lipinski definition) is 2. The molecule has 0 aliphatic carbocycles. The molecule has 0 bridgehead atoms. The lowest BCUT2D eigenvalue weighted by atomic mass is 9.99. The van der Waals surface area contributed by atoms with E-state index in [2.05, 4.69) is 11.4 Å². The number of hydrogen-bond acceptors (Lipinski definition) is 4. The third-order valence-electron chi connectivity index (χ3n) is 3.41. The second-order valence-corrected chi connectivity index (χ2v) is 4.65. The van der Waals surface area contributed by atoms with E-state index in [9.17, 15) is 15.2 Å². The van der Waals surface area contributed by atoms with Crippen molar-refractivity contribution in [1.29, 1.82) is 5.26 Å². The molecule has 100 valence electrons. The van der Waals surface area contributed by atoms with E-state index in [1.54, 1.807) is 0 Å². The fourth-order valence-electron chi connectivity index (χ4n) is 2.35. The molecule has 1 aromatic rings. The van der Waals surface area contributed by atoms with Crippen LogP contribution in [0.15, 0.2) is 30.3 Å². The summed E-state index contributed by atoms with van der Waals surface area (Å²) in [6.07, 6.45) is 0. The first-order valence-corrected chi connectivity index (χ1v) is 6.34. The van der Waals surface area contributed by atoms with Crippen molar-refractivity contribution < 1.29 is 9.90 Å². The highest BCUT2D eigenvalue weighted by Gasteiger charge is 2.30. The van der Waals surface area contributed by atoms with Gasteiger partial charge in [-0.1, -0.05) is 30.3 Å². The molecule has 2 N–H and O–H groups in total. The van der Waals surface area contributed by atoms with Gasteiger partial charge in [-0.15, -0.1) is 0 Å². The van der Waals surface area contributed by atoms with Crippen LogP contribution in [0.4, 0.5) is 0 Å². The van der Waals surface area contributed by atoms with Crippen molar-refractivity contribution in [1.82, 2.24) is 10.2 Å². The Morgan fingerprint density at radius 1 is 1.53 bits per heavy atom. The molecular formula is C14H17N3O2. The number of nitrogens with zero attached hydrogens (tertiary/aromatic N) is 2. The molecule has 5 heteroatoms. The number of piperazine rings is 1. The van der Waals surface area contributed by atoms with Crippen LogP contribution in [-0.2, 0) is 4.79 Å². The second-order valence-electron chi connectivity index (χ2n) is 4.65. The Kier molecular flexibility index (Phi) is 4.50. The van der Waals surface area contributed by atoms with Crippen LogP contribution < -0.4 is 5.32 Å². The van der Waals surface area contributed by atoms with Crippen LogP contribution in [0.1, 0.15) is 11.5 Å². The smallest absolute Gasteiger partial charge is 0.322 e. The SMILES string of the molecule is N#CC(CN1CCNCC1C(=O)O)c1ccccc1. The van der Waals surface area contributed by atoms with Crippen LogP contribution in [-0.4, -0.2) is 48.2 Å². The molecule has 1 saturated heterocycles. The quantitative estimate of drug-likeness (QED) is 0.830. The van der Waals surface area contributed by atoms with Gasteiger partial charge >= 0.3 is 5.97 Å². The van der Waals surface area contributed by atoms with Gasteiger partial charge in [0, 0.05) is 26.2 Å². The van der Waals surface area contributed by atoms with E-state index >= 15 is 0 Å². The molecule has 1 aromatic carbocycles. The van der Waals surface area contributed by atoms with E-state index in [-0.39, 0.29) is 5.92 Å². The summed E-state index contributed by atoms with van der Waals surface area (Å²) in [4.78, 5) is 13.1. The Labute approximate surface area is 112 Å². The number of rotatable bonds is 4. The third-order valence-corrected chi connectivity index (χ3v) is 3.41. The molecule has 1 heterocycles. The van der Waals surface area contributed by atoms with Crippen LogP contribution in [0.5, 0.6) is 0 Å². The molecule has 2 unspecified atom stereocenters. The number of nitriles is 1. The summed E-state index contributed by atoms with van der Waals surface area (Å²) >= 11 is 0. The van der Waals surface area contributed by atoms with Crippen molar-refractivity contribution in [2.24, 2.45) is 0 Å². The highest BCUT2D eigenvalue weighted by atomic mass is 16.4. The number of carbonyl (C=O) groups is 1. The summed E-state index contributed by atoms with van der Waals surface area (Å²) in [5, 5.41) is 21.6. The summed E-state index contributed by atoms with van der Waals surface area (Å²) in [5.74, 6) is -1.13. The average Bonchev–Trinajstić information content (AvgIpc) is 2.46. The van der Waals surface area contributed by atoms with Crippen LogP contribution in [0.2, 0.25) is 0 Å². The summed E-state index contributed by atoms with van der Waals surface area (Å²) in [6, 6.07) is 11.2. The first-order chi connectivity index (χ1) is 9.22. The van der Waals surface area contributed by atoms with E-state index in [1.807, 2.05) is 35.2 Å². The standard InChI is InChI=1S/C14H17N3O2/c15-8-12(11-4-2-1-3-5-11)10-17-7-6-16-9-13(17)14(18)19/h1-5,12-13,16H,6-7,9-10H2,(H,18,19). The molecule has 2 rings (SSSR count). The molecule has 1 fully saturated rings. The zero-order valence-corrected chi connectivity index (χ0v) is 10.6. The zero-order valence-electron chi connectivity index (χ0n) is 10.6. The summed E-state index contributed by atoms with van der Waals surface area (Å²) < 4.78 is 0. The molecule has 0 spiro atoms. The predicted molar refractivity (Wildman–Crippen MR) is 70.7 cm³/mol. The van der Waals surface area contributed by atoms with Crippen molar-refractivity contribution in [2.45, 2.75) is 12.0 Å². The maximum atomic E-state index is 11.2. The third kappa shape index (κ3) is 3.31. The van der Waals surface area contributed by atoms with Gasteiger partial charge in [0.15, 0.2) is 0 Å². The second kappa shape index (κ2) is 6.32. The van der Waals surface area contributed by atoms with Gasteiger partial charge in [-0.3, -0.25) is 9.69 Å². The van der Waals surface area contributed by atoms with E-state index in [0.29, 0.717) is 19.6 Å². The lowest BCUT2D eigenvalue weighted by Crippen LogP contribution is -2.55. The Bertz CT molecular complexity index is 469. The fourth-order valence-corrected chi connectivity index (χ4v) is 2.35. The highest BCUT2D eigenvalue weighted by molar-refractivity contribution is 5.74. The van der Waals surface area contributed by atoms with Gasteiger partial charge in [0.1, 0.15) is 6.04 Å². The number of carboxylic acid groups (broad SMARTS) is 1. The van der Waals surface area contributed by atoms with Crippen LogP contribution >= 0.6 is 0 Å². The van der Waals surface area contributed by atoms with Crippen LogP contribution in [0.25, 0.3) is 0 Å². The first kappa shape index (κ1) is 13.5. The van der Waals surface area contributed by atoms with Crippen LogP contribution in [0, 0.1) is 11.3 Å². The molecule has 0 saturated carbocycles. The molecule has 0 radical (unpaired) electrons. The summed E-state index contributed by atoms with van der Waals surface area (Å²) in [6.45, 7) is 2.31. The molecular weight excluding hydrogens is 242 g/mol. The lowest BCUT2D eigenvalue weighted by molar-refractivity contribution is -0.143. The Balaban J connectivity index is 2.09. The van der Waals surface area contributed by atoms with E-state index in [4.69, 9.17) is 0 Å². The molecule has 1 aliphatic rings. The molecule has 19 heavy (non-hydrogen) atoms. The van der Waals surface area contributed by atoms with Crippen molar-refractivity contribution in [3.63, 3.8) is 0 Å². The predicted octanol–water partition coefficient (Wildman–Crippen LogP) is 0.652. The molecule has 0 amide bonds. The van der Waals surface area contributed by atoms with Gasteiger partial charge in [0.25, 0.3) is 0 Å². The maximum absolute atomic E-state index is 11.2. The van der Waals surface area contributed by atoms with E-state index in [0.717, 1.165) is 12.1 Å². The van der Waals surface area contributed by atoms with Gasteiger partial charge < -0.3 is 10.4 Å². The van der Waals surface area contributed by atoms with Crippen molar-refractivity contribution >= 4 is 5.97 Å². The number of carboxylic acids is 1. The highest BCUT2D eigenvalue weighted by Crippen LogP contribution is 2.18. The molecule has 0 aromatic heterocycles. The monoisotopic (exact) mass is 259 g/mol. The van der Waals surface area contributed by atoms with Gasteiger partial charge in [-0.25, -0.2) is 0 Å². The number of nitrogens with one attached hydrogen (secondary N) is 1. The maximum Gasteiger partial charge on any atom is 0.322 e. The van der Waals surface area contributed by atoms with Crippen LogP contribution in [0.3, 0.4) is 0 Å². The Morgan fingerprint density at radius 3 is 2.89 bits per heavy atom. The topological polar surface area (TPSA) is 76.4 Å². The average molecular weight is 259 g/mol. The summed E-state index contributed by atoms with van der Waals surface area (Å²) in [5.41, 5.74) is 0.938. The zero-order chi connectivity index (χ0) is 13.7. The number of benzene rings is 1. The van der Waals surface area contributed by atoms with Crippen molar-refractivity contribution in [3.8, 4) is 6.07 Å². The minimum Gasteiger partial charge on any atom is -0.480 e. The van der Waals surface area contributed by atoms with Crippen molar-refractivity contribution in [3.05, 3.63) is 35.9 Å². The molecule has 1 aliphatic heterocycles. The first-order valence-electron chi connectivity index (χ1n) is 6.34. The minimum absolute atomic E-state index is 0.291. The lowest BCUT2D eigenvalue weighted by Gasteiger charge is -2.34. The van der Waals surface area contributed by atoms with Crippen molar-refractivity contribution in [2.75, 3.05) is 26.2 Å². The largest absolute Gasteiger partial charge is 0.480 e. The normalized spacial score (nSPS) is 21.5.